The van der Waals surface area contributed by atoms with Gasteiger partial charge in [0.15, 0.2) is 0 Å². The molecule has 0 radical (unpaired) electrons. The van der Waals surface area contributed by atoms with Gasteiger partial charge in [0.05, 0.1) is 25.9 Å². The molecule has 3 heteroatoms. The van der Waals surface area contributed by atoms with Gasteiger partial charge in [-0.05, 0) is 25.2 Å². The first kappa shape index (κ1) is 14.6. The summed E-state index contributed by atoms with van der Waals surface area (Å²) in [6, 6.07) is 10.4. The summed E-state index contributed by atoms with van der Waals surface area (Å²) in [5.74, 6) is 1.16. The van der Waals surface area contributed by atoms with Crippen LogP contribution < -0.4 is 0 Å². The Bertz CT molecular complexity index is 288. The lowest BCUT2D eigenvalue weighted by Gasteiger charge is -2.15. The fourth-order valence-electron chi connectivity index (χ4n) is 1.55. The van der Waals surface area contributed by atoms with Crippen LogP contribution in [-0.2, 0) is 9.47 Å². The molecule has 0 fully saturated rings. The van der Waals surface area contributed by atoms with E-state index in [9.17, 15) is 0 Å². The topological polar surface area (TPSA) is 18.5 Å². The molecule has 0 amide bonds. The highest BCUT2D eigenvalue weighted by Gasteiger charge is 2.09. The summed E-state index contributed by atoms with van der Waals surface area (Å²) in [5, 5.41) is 0. The van der Waals surface area contributed by atoms with E-state index >= 15 is 0 Å². The van der Waals surface area contributed by atoms with E-state index in [0.717, 1.165) is 5.75 Å². The molecule has 0 N–H and O–H groups in total. The Kier molecular flexibility index (Phi) is 7.33. The molecule has 0 aliphatic rings. The van der Waals surface area contributed by atoms with Crippen LogP contribution in [0.4, 0.5) is 0 Å². The summed E-state index contributed by atoms with van der Waals surface area (Å²) in [6.07, 6.45) is 0.272. The first-order valence-corrected chi connectivity index (χ1v) is 6.72. The lowest BCUT2D eigenvalue weighted by Crippen LogP contribution is -2.14. The third-order valence-corrected chi connectivity index (χ3v) is 2.93. The second-order valence-electron chi connectivity index (χ2n) is 4.28. The van der Waals surface area contributed by atoms with Gasteiger partial charge in [0.25, 0.3) is 0 Å². The van der Waals surface area contributed by atoms with Gasteiger partial charge >= 0.3 is 0 Å². The van der Waals surface area contributed by atoms with E-state index in [2.05, 4.69) is 24.8 Å². The zero-order valence-corrected chi connectivity index (χ0v) is 11.5. The molecular weight excluding hydrogens is 232 g/mol. The van der Waals surface area contributed by atoms with E-state index in [0.29, 0.717) is 25.7 Å². The quantitative estimate of drug-likeness (QED) is 0.567. The van der Waals surface area contributed by atoms with Crippen molar-refractivity contribution >= 4 is 12.6 Å². The van der Waals surface area contributed by atoms with Crippen molar-refractivity contribution in [2.45, 2.75) is 25.9 Å². The van der Waals surface area contributed by atoms with Crippen molar-refractivity contribution < 1.29 is 9.47 Å². The molecule has 96 valence electrons. The second-order valence-corrected chi connectivity index (χ2v) is 4.65. The monoisotopic (exact) mass is 254 g/mol. The second kappa shape index (κ2) is 8.56. The highest BCUT2D eigenvalue weighted by Crippen LogP contribution is 2.17. The zero-order valence-electron chi connectivity index (χ0n) is 10.6. The van der Waals surface area contributed by atoms with Gasteiger partial charge in [0.2, 0.25) is 0 Å². The minimum Gasteiger partial charge on any atom is -0.378 e. The summed E-state index contributed by atoms with van der Waals surface area (Å²) >= 11 is 4.37. The first-order chi connectivity index (χ1) is 8.24. The Morgan fingerprint density at radius 1 is 1.12 bits per heavy atom. The molecule has 1 aromatic rings. The van der Waals surface area contributed by atoms with Gasteiger partial charge in [-0.15, -0.1) is 0 Å². The Labute approximate surface area is 110 Å². The van der Waals surface area contributed by atoms with E-state index in [4.69, 9.17) is 9.47 Å². The lowest BCUT2D eigenvalue weighted by molar-refractivity contribution is 0.0170. The van der Waals surface area contributed by atoms with Gasteiger partial charge in [-0.25, -0.2) is 0 Å². The standard InChI is InChI=1S/C14H22O2S/c1-12(2)16-9-8-15-10-14(11-17)13-6-4-3-5-7-13/h3-7,12,14,17H,8-11H2,1-2H3. The maximum atomic E-state index is 5.62. The SMILES string of the molecule is CC(C)OCCOCC(CS)c1ccccc1. The normalized spacial score (nSPS) is 12.9. The van der Waals surface area contributed by atoms with Crippen LogP contribution in [0, 0.1) is 0 Å². The molecule has 1 atom stereocenters. The number of hydrogen-bond acceptors (Lipinski definition) is 3. The third kappa shape index (κ3) is 6.10. The van der Waals surface area contributed by atoms with Gasteiger partial charge in [-0.1, -0.05) is 30.3 Å². The third-order valence-electron chi connectivity index (χ3n) is 2.49. The van der Waals surface area contributed by atoms with Gasteiger partial charge in [0.1, 0.15) is 0 Å². The van der Waals surface area contributed by atoms with Crippen molar-refractivity contribution in [1.29, 1.82) is 0 Å². The van der Waals surface area contributed by atoms with Crippen molar-refractivity contribution in [2.24, 2.45) is 0 Å². The van der Waals surface area contributed by atoms with Gasteiger partial charge in [-0.3, -0.25) is 0 Å². The van der Waals surface area contributed by atoms with Crippen LogP contribution in [0.25, 0.3) is 0 Å². The summed E-state index contributed by atoms with van der Waals surface area (Å²) in [6.45, 7) is 6.07. The number of hydrogen-bond donors (Lipinski definition) is 1. The minimum absolute atomic E-state index is 0.272. The summed E-state index contributed by atoms with van der Waals surface area (Å²) < 4.78 is 11.0. The molecule has 1 unspecified atom stereocenters. The molecular formula is C14H22O2S. The van der Waals surface area contributed by atoms with Gasteiger partial charge in [-0.2, -0.15) is 12.6 Å². The average molecular weight is 254 g/mol. The van der Waals surface area contributed by atoms with Crippen molar-refractivity contribution in [3.8, 4) is 0 Å². The zero-order chi connectivity index (χ0) is 12.5. The lowest BCUT2D eigenvalue weighted by atomic mass is 10.0. The molecule has 0 saturated heterocycles. The number of benzene rings is 1. The fraction of sp³-hybridized carbons (Fsp3) is 0.571. The van der Waals surface area contributed by atoms with Crippen molar-refractivity contribution in [1.82, 2.24) is 0 Å². The highest BCUT2D eigenvalue weighted by molar-refractivity contribution is 7.80. The van der Waals surface area contributed by atoms with Crippen LogP contribution in [0.1, 0.15) is 25.3 Å². The maximum absolute atomic E-state index is 5.62. The van der Waals surface area contributed by atoms with E-state index in [1.54, 1.807) is 0 Å². The number of thiol groups is 1. The predicted molar refractivity (Wildman–Crippen MR) is 74.9 cm³/mol. The van der Waals surface area contributed by atoms with Crippen molar-refractivity contribution in [2.75, 3.05) is 25.6 Å². The molecule has 0 saturated carbocycles. The van der Waals surface area contributed by atoms with E-state index in [1.807, 2.05) is 32.0 Å². The molecule has 1 aromatic carbocycles. The molecule has 1 rings (SSSR count). The van der Waals surface area contributed by atoms with Crippen molar-refractivity contribution in [3.63, 3.8) is 0 Å². The Hall–Kier alpha value is -0.510. The fourth-order valence-corrected chi connectivity index (χ4v) is 1.86. The van der Waals surface area contributed by atoms with Crippen LogP contribution in [0.5, 0.6) is 0 Å². The van der Waals surface area contributed by atoms with E-state index in [-0.39, 0.29) is 6.10 Å². The van der Waals surface area contributed by atoms with Crippen LogP contribution in [0.3, 0.4) is 0 Å². The van der Waals surface area contributed by atoms with Crippen LogP contribution in [0.2, 0.25) is 0 Å². The van der Waals surface area contributed by atoms with Crippen LogP contribution >= 0.6 is 12.6 Å². The molecule has 0 bridgehead atoms. The molecule has 0 heterocycles. The van der Waals surface area contributed by atoms with Crippen LogP contribution in [-0.4, -0.2) is 31.7 Å². The molecule has 0 aliphatic carbocycles. The number of ether oxygens (including phenoxy) is 2. The van der Waals surface area contributed by atoms with Crippen LogP contribution in [0.15, 0.2) is 30.3 Å². The molecule has 0 aliphatic heterocycles. The summed E-state index contributed by atoms with van der Waals surface area (Å²) in [4.78, 5) is 0. The Balaban J connectivity index is 2.24. The summed E-state index contributed by atoms with van der Waals surface area (Å²) in [7, 11) is 0. The highest BCUT2D eigenvalue weighted by atomic mass is 32.1. The van der Waals surface area contributed by atoms with Gasteiger partial charge < -0.3 is 9.47 Å². The number of rotatable bonds is 8. The average Bonchev–Trinajstić information content (AvgIpc) is 2.34. The smallest absolute Gasteiger partial charge is 0.0703 e. The first-order valence-electron chi connectivity index (χ1n) is 6.09. The summed E-state index contributed by atoms with van der Waals surface area (Å²) in [5.41, 5.74) is 1.28. The van der Waals surface area contributed by atoms with E-state index in [1.165, 1.54) is 5.56 Å². The van der Waals surface area contributed by atoms with Gasteiger partial charge in [0, 0.05) is 5.92 Å². The molecule has 0 aromatic heterocycles. The molecule has 17 heavy (non-hydrogen) atoms. The van der Waals surface area contributed by atoms with Crippen molar-refractivity contribution in [3.05, 3.63) is 35.9 Å². The Morgan fingerprint density at radius 2 is 1.82 bits per heavy atom. The minimum atomic E-state index is 0.272. The molecule has 0 spiro atoms. The molecule has 2 nitrogen and oxygen atoms in total. The predicted octanol–water partition coefficient (Wildman–Crippen LogP) is 3.14. The largest absolute Gasteiger partial charge is 0.378 e. The van der Waals surface area contributed by atoms with E-state index < -0.39 is 0 Å². The Morgan fingerprint density at radius 3 is 2.41 bits per heavy atom. The maximum Gasteiger partial charge on any atom is 0.0703 e.